The van der Waals surface area contributed by atoms with Crippen molar-refractivity contribution >= 4 is 11.8 Å². The number of aromatic nitrogens is 2. The summed E-state index contributed by atoms with van der Waals surface area (Å²) < 4.78 is 2.03. The summed E-state index contributed by atoms with van der Waals surface area (Å²) in [6.45, 7) is 2.02. The van der Waals surface area contributed by atoms with Crippen LogP contribution in [-0.2, 0) is 20.0 Å². The first-order chi connectivity index (χ1) is 7.36. The molecule has 4 nitrogen and oxygen atoms in total. The van der Waals surface area contributed by atoms with Gasteiger partial charge in [0.25, 0.3) is 0 Å². The summed E-state index contributed by atoms with van der Waals surface area (Å²) in [4.78, 5) is 0. The van der Waals surface area contributed by atoms with Crippen molar-refractivity contribution in [2.24, 2.45) is 7.05 Å². The largest absolute Gasteiger partial charge is 0.373 e. The highest BCUT2D eigenvalue weighted by Gasteiger charge is 2.25. The van der Waals surface area contributed by atoms with Gasteiger partial charge in [-0.2, -0.15) is 5.10 Å². The minimum Gasteiger partial charge on any atom is -0.373 e. The summed E-state index contributed by atoms with van der Waals surface area (Å²) in [5, 5.41) is 13.7. The molecular weight excluding hydrogens is 208 g/mol. The van der Waals surface area contributed by atoms with Gasteiger partial charge in [0.2, 0.25) is 0 Å². The van der Waals surface area contributed by atoms with E-state index in [2.05, 4.69) is 21.1 Å². The normalized spacial score (nSPS) is 23.9. The first kappa shape index (κ1) is 9.30. The highest BCUT2D eigenvalue weighted by atomic mass is 32.2. The Hall–Kier alpha value is -0.940. The molecule has 15 heavy (non-hydrogen) atoms. The molecule has 5 heteroatoms. The monoisotopic (exact) mass is 222 g/mol. The fourth-order valence-corrected chi connectivity index (χ4v) is 2.98. The lowest BCUT2D eigenvalue weighted by molar-refractivity contribution is 0.604. The number of rotatable bonds is 1. The molecule has 0 saturated carbocycles. The van der Waals surface area contributed by atoms with E-state index in [9.17, 15) is 0 Å². The minimum absolute atomic E-state index is 0.305. The van der Waals surface area contributed by atoms with E-state index < -0.39 is 0 Å². The van der Waals surface area contributed by atoms with Crippen LogP contribution in [0.2, 0.25) is 0 Å². The summed E-state index contributed by atoms with van der Waals surface area (Å²) in [6.07, 6.45) is 3.08. The van der Waals surface area contributed by atoms with Crippen LogP contribution in [0, 0.1) is 0 Å². The SMILES string of the molecule is Cn1nc(C2NC=CS2)c2c1CCNC2. The van der Waals surface area contributed by atoms with Crippen molar-refractivity contribution in [2.45, 2.75) is 18.3 Å². The topological polar surface area (TPSA) is 41.9 Å². The highest BCUT2D eigenvalue weighted by molar-refractivity contribution is 8.02. The fourth-order valence-electron chi connectivity index (χ4n) is 2.19. The van der Waals surface area contributed by atoms with Crippen molar-refractivity contribution < 1.29 is 0 Å². The Morgan fingerprint density at radius 2 is 2.53 bits per heavy atom. The molecule has 1 aromatic heterocycles. The first-order valence-corrected chi connectivity index (χ1v) is 6.12. The van der Waals surface area contributed by atoms with Crippen LogP contribution in [-0.4, -0.2) is 16.3 Å². The van der Waals surface area contributed by atoms with Crippen LogP contribution in [0.4, 0.5) is 0 Å². The number of fused-ring (bicyclic) bond motifs is 1. The van der Waals surface area contributed by atoms with E-state index >= 15 is 0 Å². The molecule has 0 bridgehead atoms. The van der Waals surface area contributed by atoms with Gasteiger partial charge < -0.3 is 10.6 Å². The van der Waals surface area contributed by atoms with Crippen molar-refractivity contribution in [1.82, 2.24) is 20.4 Å². The molecule has 3 rings (SSSR count). The van der Waals surface area contributed by atoms with Crippen molar-refractivity contribution in [3.05, 3.63) is 28.6 Å². The van der Waals surface area contributed by atoms with Crippen LogP contribution in [0.3, 0.4) is 0 Å². The second kappa shape index (κ2) is 3.57. The van der Waals surface area contributed by atoms with Gasteiger partial charge in [0, 0.05) is 44.0 Å². The van der Waals surface area contributed by atoms with Crippen molar-refractivity contribution in [1.29, 1.82) is 0 Å². The van der Waals surface area contributed by atoms with Crippen LogP contribution < -0.4 is 10.6 Å². The van der Waals surface area contributed by atoms with Gasteiger partial charge in [0.05, 0.1) is 0 Å². The van der Waals surface area contributed by atoms with Gasteiger partial charge in [-0.3, -0.25) is 4.68 Å². The third-order valence-corrected chi connectivity index (χ3v) is 3.85. The van der Waals surface area contributed by atoms with E-state index in [4.69, 9.17) is 0 Å². The predicted octanol–water partition coefficient (Wildman–Crippen LogP) is 0.872. The number of hydrogen-bond acceptors (Lipinski definition) is 4. The lowest BCUT2D eigenvalue weighted by atomic mass is 10.1. The van der Waals surface area contributed by atoms with Crippen LogP contribution in [0.15, 0.2) is 11.6 Å². The van der Waals surface area contributed by atoms with Gasteiger partial charge in [0.1, 0.15) is 11.1 Å². The lowest BCUT2D eigenvalue weighted by Crippen LogP contribution is -2.25. The quantitative estimate of drug-likeness (QED) is 0.740. The Labute approximate surface area is 93.1 Å². The summed E-state index contributed by atoms with van der Waals surface area (Å²) in [7, 11) is 2.04. The average molecular weight is 222 g/mol. The molecule has 2 aliphatic heterocycles. The molecule has 0 radical (unpaired) electrons. The maximum Gasteiger partial charge on any atom is 0.121 e. The van der Waals surface area contributed by atoms with Crippen molar-refractivity contribution in [2.75, 3.05) is 6.54 Å². The van der Waals surface area contributed by atoms with E-state index in [0.717, 1.165) is 19.5 Å². The Bertz CT molecular complexity index is 402. The molecule has 0 aliphatic carbocycles. The molecule has 1 aromatic rings. The van der Waals surface area contributed by atoms with E-state index in [1.165, 1.54) is 17.0 Å². The zero-order valence-corrected chi connectivity index (χ0v) is 9.47. The number of aryl methyl sites for hydroxylation is 1. The molecule has 0 fully saturated rings. The maximum atomic E-state index is 4.63. The third kappa shape index (κ3) is 1.46. The van der Waals surface area contributed by atoms with Gasteiger partial charge in [-0.15, -0.1) is 11.8 Å². The maximum absolute atomic E-state index is 4.63. The molecule has 1 atom stereocenters. The molecule has 1 unspecified atom stereocenters. The lowest BCUT2D eigenvalue weighted by Gasteiger charge is -2.16. The average Bonchev–Trinajstić information content (AvgIpc) is 2.87. The van der Waals surface area contributed by atoms with Crippen LogP contribution in [0.1, 0.15) is 22.3 Å². The predicted molar refractivity (Wildman–Crippen MR) is 61.2 cm³/mol. The van der Waals surface area contributed by atoms with Gasteiger partial charge in [-0.1, -0.05) is 0 Å². The van der Waals surface area contributed by atoms with E-state index in [-0.39, 0.29) is 0 Å². The van der Waals surface area contributed by atoms with E-state index in [1.54, 1.807) is 11.8 Å². The van der Waals surface area contributed by atoms with Crippen LogP contribution >= 0.6 is 11.8 Å². The van der Waals surface area contributed by atoms with E-state index in [0.29, 0.717) is 5.37 Å². The Morgan fingerprint density at radius 3 is 3.33 bits per heavy atom. The summed E-state index contributed by atoms with van der Waals surface area (Å²) >= 11 is 1.79. The standard InChI is InChI=1S/C10H14N4S/c1-14-8-2-3-11-6-7(8)9(13-14)10-12-4-5-15-10/h4-5,10-12H,2-3,6H2,1H3. The molecule has 0 spiro atoms. The molecule has 0 saturated heterocycles. The molecule has 3 heterocycles. The molecular formula is C10H14N4S. The molecule has 2 N–H and O–H groups in total. The molecule has 80 valence electrons. The van der Waals surface area contributed by atoms with Gasteiger partial charge in [-0.05, 0) is 5.41 Å². The van der Waals surface area contributed by atoms with Crippen molar-refractivity contribution in [3.63, 3.8) is 0 Å². The first-order valence-electron chi connectivity index (χ1n) is 5.18. The van der Waals surface area contributed by atoms with E-state index in [1.807, 2.05) is 17.9 Å². The number of nitrogens with one attached hydrogen (secondary N) is 2. The summed E-state index contributed by atoms with van der Waals surface area (Å²) in [6, 6.07) is 0. The minimum atomic E-state index is 0.305. The van der Waals surface area contributed by atoms with Crippen LogP contribution in [0.5, 0.6) is 0 Å². The zero-order chi connectivity index (χ0) is 10.3. The summed E-state index contributed by atoms with van der Waals surface area (Å²) in [5.74, 6) is 0. The zero-order valence-electron chi connectivity index (χ0n) is 8.66. The Kier molecular flexibility index (Phi) is 2.21. The van der Waals surface area contributed by atoms with Gasteiger partial charge in [-0.25, -0.2) is 0 Å². The second-order valence-electron chi connectivity index (χ2n) is 3.85. The van der Waals surface area contributed by atoms with Gasteiger partial charge in [0.15, 0.2) is 0 Å². The number of hydrogen-bond donors (Lipinski definition) is 2. The Balaban J connectivity index is 2.00. The fraction of sp³-hybridized carbons (Fsp3) is 0.500. The Morgan fingerprint density at radius 1 is 1.60 bits per heavy atom. The third-order valence-electron chi connectivity index (χ3n) is 2.92. The molecule has 0 amide bonds. The smallest absolute Gasteiger partial charge is 0.121 e. The summed E-state index contributed by atoms with van der Waals surface area (Å²) in [5.41, 5.74) is 3.96. The number of thioether (sulfide) groups is 1. The molecule has 0 aromatic carbocycles. The van der Waals surface area contributed by atoms with Crippen LogP contribution in [0.25, 0.3) is 0 Å². The highest BCUT2D eigenvalue weighted by Crippen LogP contribution is 2.33. The molecule has 2 aliphatic rings. The number of nitrogens with zero attached hydrogens (tertiary/aromatic N) is 2. The second-order valence-corrected chi connectivity index (χ2v) is 4.86. The van der Waals surface area contributed by atoms with Gasteiger partial charge >= 0.3 is 0 Å². The van der Waals surface area contributed by atoms with Crippen molar-refractivity contribution in [3.8, 4) is 0 Å².